The standard InChI is InChI=1S/C50H58N4O/c1-32(2)36-23-26-51-47(27-36)54-45-18-13-12-17-43(45)44-20-19-40(29-46(44)54)55-39-16-14-15-38(28-39)53-31-37(30-52-53)48-41(21-24-49(6,7)8)34(4)33(3)35(5)42(48)22-25-50(9,10)11/h12-20,23,26-32H,21-22,24-25H2,1-11H3. The highest BCUT2D eigenvalue weighted by atomic mass is 16.5. The van der Waals surface area contributed by atoms with Crippen molar-refractivity contribution in [2.45, 2.75) is 108 Å². The monoisotopic (exact) mass is 730 g/mol. The SMILES string of the molecule is Cc1c(C)c(CCC(C)(C)C)c(-c2cnn(-c3cccc(Oc4ccc5c6ccccc6n(-c6cc(C(C)C)ccn6)c5c4)c3)c2)c(CCC(C)(C)C)c1C. The van der Waals surface area contributed by atoms with Gasteiger partial charge in [0.15, 0.2) is 0 Å². The Morgan fingerprint density at radius 3 is 2.00 bits per heavy atom. The molecule has 3 heterocycles. The predicted octanol–water partition coefficient (Wildman–Crippen LogP) is 13.8. The summed E-state index contributed by atoms with van der Waals surface area (Å²) in [5, 5.41) is 7.34. The van der Waals surface area contributed by atoms with Gasteiger partial charge in [-0.3, -0.25) is 4.57 Å². The molecular weight excluding hydrogens is 673 g/mol. The average molecular weight is 731 g/mol. The molecule has 5 heteroatoms. The quantitative estimate of drug-likeness (QED) is 0.141. The summed E-state index contributed by atoms with van der Waals surface area (Å²) in [6.07, 6.45) is 10.5. The second kappa shape index (κ2) is 14.8. The van der Waals surface area contributed by atoms with E-state index < -0.39 is 0 Å². The summed E-state index contributed by atoms with van der Waals surface area (Å²) in [6, 6.07) is 27.5. The number of benzene rings is 4. The lowest BCUT2D eigenvalue weighted by atomic mass is 9.78. The van der Waals surface area contributed by atoms with Crippen LogP contribution in [-0.4, -0.2) is 19.3 Å². The Morgan fingerprint density at radius 2 is 1.33 bits per heavy atom. The number of ether oxygens (including phenoxy) is 1. The smallest absolute Gasteiger partial charge is 0.137 e. The summed E-state index contributed by atoms with van der Waals surface area (Å²) in [5.41, 5.74) is 14.7. The van der Waals surface area contributed by atoms with Gasteiger partial charge < -0.3 is 4.74 Å². The van der Waals surface area contributed by atoms with Crippen molar-refractivity contribution < 1.29 is 4.74 Å². The van der Waals surface area contributed by atoms with Crippen molar-refractivity contribution in [3.63, 3.8) is 0 Å². The normalized spacial score (nSPS) is 12.4. The van der Waals surface area contributed by atoms with Gasteiger partial charge in [-0.05, 0) is 145 Å². The van der Waals surface area contributed by atoms with Crippen molar-refractivity contribution in [3.05, 3.63) is 131 Å². The highest BCUT2D eigenvalue weighted by Gasteiger charge is 2.24. The second-order valence-electron chi connectivity index (χ2n) is 18.2. The minimum atomic E-state index is 0.246. The van der Waals surface area contributed by atoms with Crippen LogP contribution in [0.5, 0.6) is 11.5 Å². The van der Waals surface area contributed by atoms with Crippen LogP contribution in [0.1, 0.15) is 108 Å². The lowest BCUT2D eigenvalue weighted by Crippen LogP contribution is -2.12. The van der Waals surface area contributed by atoms with E-state index in [1.165, 1.54) is 55.3 Å². The summed E-state index contributed by atoms with van der Waals surface area (Å²) in [6.45, 7) is 25.4. The third-order valence-corrected chi connectivity index (χ3v) is 11.4. The van der Waals surface area contributed by atoms with Gasteiger partial charge in [0.1, 0.15) is 17.3 Å². The highest BCUT2D eigenvalue weighted by Crippen LogP contribution is 2.40. The van der Waals surface area contributed by atoms with E-state index in [1.807, 2.05) is 23.0 Å². The van der Waals surface area contributed by atoms with Crippen molar-refractivity contribution in [2.75, 3.05) is 0 Å². The Morgan fingerprint density at radius 1 is 0.673 bits per heavy atom. The van der Waals surface area contributed by atoms with Gasteiger partial charge in [0.2, 0.25) is 0 Å². The van der Waals surface area contributed by atoms with Crippen LogP contribution < -0.4 is 4.74 Å². The second-order valence-corrected chi connectivity index (χ2v) is 18.2. The van der Waals surface area contributed by atoms with Crippen LogP contribution in [0.25, 0.3) is 44.4 Å². The van der Waals surface area contributed by atoms with Gasteiger partial charge >= 0.3 is 0 Å². The number of nitrogens with zero attached hydrogens (tertiary/aromatic N) is 4. The number of para-hydroxylation sites is 1. The molecule has 0 aliphatic heterocycles. The zero-order valence-electron chi connectivity index (χ0n) is 34.8. The molecule has 7 rings (SSSR count). The maximum absolute atomic E-state index is 6.62. The van der Waals surface area contributed by atoms with E-state index in [0.717, 1.165) is 59.7 Å². The Balaban J connectivity index is 1.25. The van der Waals surface area contributed by atoms with Gasteiger partial charge in [-0.1, -0.05) is 79.7 Å². The molecule has 284 valence electrons. The fourth-order valence-corrected chi connectivity index (χ4v) is 7.86. The first-order valence-corrected chi connectivity index (χ1v) is 20.0. The first-order chi connectivity index (χ1) is 26.1. The maximum Gasteiger partial charge on any atom is 0.137 e. The van der Waals surface area contributed by atoms with Crippen LogP contribution >= 0.6 is 0 Å². The molecule has 3 aromatic heterocycles. The van der Waals surface area contributed by atoms with Crippen molar-refractivity contribution in [1.29, 1.82) is 0 Å². The van der Waals surface area contributed by atoms with Crippen molar-refractivity contribution >= 4 is 21.8 Å². The summed E-state index contributed by atoms with van der Waals surface area (Å²) in [5.74, 6) is 2.85. The molecule has 0 unspecified atom stereocenters. The molecule has 5 nitrogen and oxygen atoms in total. The van der Waals surface area contributed by atoms with Gasteiger partial charge in [-0.15, -0.1) is 0 Å². The fourth-order valence-electron chi connectivity index (χ4n) is 7.86. The van der Waals surface area contributed by atoms with E-state index in [0.29, 0.717) is 5.92 Å². The van der Waals surface area contributed by atoms with Crippen molar-refractivity contribution in [1.82, 2.24) is 19.3 Å². The van der Waals surface area contributed by atoms with E-state index in [4.69, 9.17) is 14.8 Å². The first-order valence-electron chi connectivity index (χ1n) is 20.0. The predicted molar refractivity (Wildman–Crippen MR) is 232 cm³/mol. The molecular formula is C50H58N4O. The van der Waals surface area contributed by atoms with E-state index >= 15 is 0 Å². The molecule has 7 aromatic rings. The first kappa shape index (κ1) is 38.1. The molecule has 0 N–H and O–H groups in total. The lowest BCUT2D eigenvalue weighted by molar-refractivity contribution is 0.376. The van der Waals surface area contributed by atoms with Crippen LogP contribution in [0.4, 0.5) is 0 Å². The van der Waals surface area contributed by atoms with Crippen LogP contribution in [0.2, 0.25) is 0 Å². The molecule has 4 aromatic carbocycles. The molecule has 0 atom stereocenters. The third-order valence-electron chi connectivity index (χ3n) is 11.4. The number of pyridine rings is 1. The van der Waals surface area contributed by atoms with Gasteiger partial charge in [0.25, 0.3) is 0 Å². The third kappa shape index (κ3) is 7.99. The van der Waals surface area contributed by atoms with E-state index in [2.05, 4.69) is 160 Å². The van der Waals surface area contributed by atoms with Gasteiger partial charge in [0.05, 0.1) is 22.9 Å². The van der Waals surface area contributed by atoms with E-state index in [-0.39, 0.29) is 10.8 Å². The van der Waals surface area contributed by atoms with Crippen molar-refractivity contribution in [3.8, 4) is 34.1 Å². The Kier molecular flexibility index (Phi) is 10.3. The zero-order valence-corrected chi connectivity index (χ0v) is 34.8. The number of hydrogen-bond acceptors (Lipinski definition) is 3. The van der Waals surface area contributed by atoms with Crippen LogP contribution in [-0.2, 0) is 12.8 Å². The highest BCUT2D eigenvalue weighted by molar-refractivity contribution is 6.09. The fraction of sp³-hybridized carbons (Fsp3) is 0.360. The molecule has 0 bridgehead atoms. The number of aromatic nitrogens is 4. The molecule has 55 heavy (non-hydrogen) atoms. The lowest BCUT2D eigenvalue weighted by Gasteiger charge is -2.26. The Bertz CT molecular complexity index is 2450. The van der Waals surface area contributed by atoms with Crippen LogP contribution in [0.3, 0.4) is 0 Å². The minimum absolute atomic E-state index is 0.246. The summed E-state index contributed by atoms with van der Waals surface area (Å²) >= 11 is 0. The van der Waals surface area contributed by atoms with Crippen LogP contribution in [0, 0.1) is 31.6 Å². The molecule has 0 saturated heterocycles. The molecule has 0 aliphatic rings. The average Bonchev–Trinajstić information content (AvgIpc) is 3.75. The molecule has 0 amide bonds. The van der Waals surface area contributed by atoms with Gasteiger partial charge in [0, 0.05) is 40.9 Å². The summed E-state index contributed by atoms with van der Waals surface area (Å²) in [7, 11) is 0. The zero-order chi connectivity index (χ0) is 39.2. The van der Waals surface area contributed by atoms with E-state index in [1.54, 1.807) is 0 Å². The largest absolute Gasteiger partial charge is 0.457 e. The summed E-state index contributed by atoms with van der Waals surface area (Å²) < 4.78 is 10.9. The van der Waals surface area contributed by atoms with E-state index in [9.17, 15) is 0 Å². The van der Waals surface area contributed by atoms with Crippen LogP contribution in [0.15, 0.2) is 97.5 Å². The Hall–Kier alpha value is -5.16. The van der Waals surface area contributed by atoms with Crippen molar-refractivity contribution in [2.24, 2.45) is 10.8 Å². The number of rotatable bonds is 10. The molecule has 0 fully saturated rings. The molecule has 0 saturated carbocycles. The van der Waals surface area contributed by atoms with Gasteiger partial charge in [-0.25, -0.2) is 9.67 Å². The topological polar surface area (TPSA) is 44.9 Å². The molecule has 0 spiro atoms. The minimum Gasteiger partial charge on any atom is -0.457 e. The molecule has 0 radical (unpaired) electrons. The number of hydrogen-bond donors (Lipinski definition) is 0. The van der Waals surface area contributed by atoms with Gasteiger partial charge in [-0.2, -0.15) is 5.10 Å². The summed E-state index contributed by atoms with van der Waals surface area (Å²) in [4.78, 5) is 4.83. The number of fused-ring (bicyclic) bond motifs is 3. The Labute approximate surface area is 328 Å². The maximum atomic E-state index is 6.62. The molecule has 0 aliphatic carbocycles.